The molecule has 0 aliphatic heterocycles. The second kappa shape index (κ2) is 9.87. The Hall–Kier alpha value is -3.49. The standard InChI is InChI=1S/C27H32FN5O3/c1-14-10-19(32-16(3)34)7-8-21(14)33-27(35)23-15(2)31-26-24(29-13-30-25(23)26)20-11-18(28)6-9-22(20)36-12-17-4-5-17/h6,9,11,13-14,17,19,21,31H,4-5,7-8,10,12H2,1-3H3,(H,32,34)(H,33,35). The van der Waals surface area contributed by atoms with Gasteiger partial charge < -0.3 is 20.4 Å². The number of aromatic amines is 1. The lowest BCUT2D eigenvalue weighted by atomic mass is 9.82. The number of carbonyl (C=O) groups excluding carboxylic acids is 2. The number of carbonyl (C=O) groups is 2. The fourth-order valence-electron chi connectivity index (χ4n) is 5.18. The van der Waals surface area contributed by atoms with Crippen molar-refractivity contribution in [3.8, 4) is 17.0 Å². The molecule has 2 aliphatic carbocycles. The Balaban J connectivity index is 1.41. The Kier molecular flexibility index (Phi) is 6.64. The van der Waals surface area contributed by atoms with E-state index in [4.69, 9.17) is 4.74 Å². The predicted octanol–water partition coefficient (Wildman–Crippen LogP) is 4.28. The SMILES string of the molecule is CC(=O)NC1CCC(NC(=O)c2c(C)[nH]c3c(-c4cc(F)ccc4OCC4CC4)ncnc23)C(C)C1. The molecule has 2 fully saturated rings. The molecule has 2 aromatic heterocycles. The van der Waals surface area contributed by atoms with Crippen LogP contribution in [0.5, 0.6) is 5.75 Å². The van der Waals surface area contributed by atoms with Gasteiger partial charge in [-0.05, 0) is 69.1 Å². The molecule has 190 valence electrons. The van der Waals surface area contributed by atoms with Gasteiger partial charge in [-0.1, -0.05) is 6.92 Å². The van der Waals surface area contributed by atoms with Gasteiger partial charge in [0.1, 0.15) is 29.1 Å². The number of rotatable bonds is 7. The van der Waals surface area contributed by atoms with Crippen molar-refractivity contribution in [2.75, 3.05) is 6.61 Å². The molecule has 0 saturated heterocycles. The zero-order chi connectivity index (χ0) is 25.4. The zero-order valence-corrected chi connectivity index (χ0v) is 20.9. The minimum atomic E-state index is -0.388. The van der Waals surface area contributed by atoms with Crippen LogP contribution in [0.4, 0.5) is 4.39 Å². The van der Waals surface area contributed by atoms with Gasteiger partial charge in [0, 0.05) is 30.3 Å². The molecule has 8 nitrogen and oxygen atoms in total. The quantitative estimate of drug-likeness (QED) is 0.455. The molecule has 36 heavy (non-hydrogen) atoms. The topological polar surface area (TPSA) is 109 Å². The maximum Gasteiger partial charge on any atom is 0.255 e. The molecule has 2 heterocycles. The summed E-state index contributed by atoms with van der Waals surface area (Å²) in [5.41, 5.74) is 3.22. The van der Waals surface area contributed by atoms with Gasteiger partial charge >= 0.3 is 0 Å². The van der Waals surface area contributed by atoms with Crippen LogP contribution in [-0.4, -0.2) is 45.5 Å². The summed E-state index contributed by atoms with van der Waals surface area (Å²) >= 11 is 0. The molecule has 0 bridgehead atoms. The van der Waals surface area contributed by atoms with Crippen molar-refractivity contribution < 1.29 is 18.7 Å². The van der Waals surface area contributed by atoms with E-state index >= 15 is 0 Å². The van der Waals surface area contributed by atoms with E-state index in [9.17, 15) is 14.0 Å². The Morgan fingerprint density at radius 3 is 2.69 bits per heavy atom. The maximum absolute atomic E-state index is 14.3. The maximum atomic E-state index is 14.3. The van der Waals surface area contributed by atoms with E-state index < -0.39 is 0 Å². The number of hydrogen-bond acceptors (Lipinski definition) is 5. The zero-order valence-electron chi connectivity index (χ0n) is 20.9. The first kappa shape index (κ1) is 24.2. The monoisotopic (exact) mass is 493 g/mol. The van der Waals surface area contributed by atoms with Crippen LogP contribution in [0.1, 0.15) is 62.0 Å². The average Bonchev–Trinajstić information content (AvgIpc) is 3.59. The Labute approximate surface area is 209 Å². The molecular formula is C27H32FN5O3. The smallest absolute Gasteiger partial charge is 0.255 e. The Morgan fingerprint density at radius 2 is 1.97 bits per heavy atom. The molecular weight excluding hydrogens is 461 g/mol. The molecule has 0 radical (unpaired) electrons. The van der Waals surface area contributed by atoms with Gasteiger partial charge in [0.15, 0.2) is 0 Å². The summed E-state index contributed by atoms with van der Waals surface area (Å²) in [6, 6.07) is 4.56. The number of amides is 2. The van der Waals surface area contributed by atoms with E-state index in [2.05, 4.69) is 32.5 Å². The van der Waals surface area contributed by atoms with Crippen molar-refractivity contribution in [1.29, 1.82) is 0 Å². The lowest BCUT2D eigenvalue weighted by Gasteiger charge is -2.34. The summed E-state index contributed by atoms with van der Waals surface area (Å²) in [4.78, 5) is 37.0. The van der Waals surface area contributed by atoms with Gasteiger partial charge in [0.05, 0.1) is 17.7 Å². The molecule has 3 aromatic rings. The number of benzene rings is 1. The van der Waals surface area contributed by atoms with Gasteiger partial charge in [-0.3, -0.25) is 9.59 Å². The highest BCUT2D eigenvalue weighted by atomic mass is 19.1. The fourth-order valence-corrected chi connectivity index (χ4v) is 5.18. The molecule has 9 heteroatoms. The number of halogens is 1. The van der Waals surface area contributed by atoms with E-state index in [0.29, 0.717) is 51.8 Å². The van der Waals surface area contributed by atoms with Crippen LogP contribution in [0.15, 0.2) is 24.5 Å². The minimum Gasteiger partial charge on any atom is -0.493 e. The van der Waals surface area contributed by atoms with Gasteiger partial charge in [0.2, 0.25) is 5.91 Å². The summed E-state index contributed by atoms with van der Waals surface area (Å²) in [7, 11) is 0. The third-order valence-electron chi connectivity index (χ3n) is 7.26. The number of hydrogen-bond donors (Lipinski definition) is 3. The van der Waals surface area contributed by atoms with E-state index in [-0.39, 0.29) is 35.6 Å². The van der Waals surface area contributed by atoms with Crippen LogP contribution in [0.25, 0.3) is 22.3 Å². The van der Waals surface area contributed by atoms with Crippen molar-refractivity contribution in [3.05, 3.63) is 41.6 Å². The molecule has 0 spiro atoms. The largest absolute Gasteiger partial charge is 0.493 e. The summed E-state index contributed by atoms with van der Waals surface area (Å²) in [5, 5.41) is 6.17. The molecule has 3 atom stereocenters. The third kappa shape index (κ3) is 5.05. The molecule has 2 aliphatic rings. The number of nitrogens with one attached hydrogen (secondary N) is 3. The summed E-state index contributed by atoms with van der Waals surface area (Å²) < 4.78 is 20.3. The van der Waals surface area contributed by atoms with Crippen molar-refractivity contribution >= 4 is 22.8 Å². The first-order valence-electron chi connectivity index (χ1n) is 12.6. The fraction of sp³-hybridized carbons (Fsp3) is 0.481. The van der Waals surface area contributed by atoms with Gasteiger partial charge in [-0.25, -0.2) is 14.4 Å². The molecule has 5 rings (SSSR count). The van der Waals surface area contributed by atoms with Crippen LogP contribution in [0.2, 0.25) is 0 Å². The van der Waals surface area contributed by atoms with E-state index in [1.54, 1.807) is 6.07 Å². The number of H-pyrrole nitrogens is 1. The summed E-state index contributed by atoms with van der Waals surface area (Å²) in [6.07, 6.45) is 6.11. The lowest BCUT2D eigenvalue weighted by Crippen LogP contribution is -2.47. The second-order valence-electron chi connectivity index (χ2n) is 10.2. The van der Waals surface area contributed by atoms with Crippen molar-refractivity contribution in [2.24, 2.45) is 11.8 Å². The van der Waals surface area contributed by atoms with Crippen LogP contribution in [-0.2, 0) is 4.79 Å². The second-order valence-corrected chi connectivity index (χ2v) is 10.2. The molecule has 1 aromatic carbocycles. The van der Waals surface area contributed by atoms with E-state index in [1.165, 1.54) is 25.4 Å². The van der Waals surface area contributed by atoms with Crippen molar-refractivity contribution in [2.45, 2.75) is 65.0 Å². The van der Waals surface area contributed by atoms with Crippen LogP contribution < -0.4 is 15.4 Å². The Bertz CT molecular complexity index is 1300. The van der Waals surface area contributed by atoms with Gasteiger partial charge in [0.25, 0.3) is 5.91 Å². The lowest BCUT2D eigenvalue weighted by molar-refractivity contribution is -0.120. The Morgan fingerprint density at radius 1 is 1.17 bits per heavy atom. The first-order valence-corrected chi connectivity index (χ1v) is 12.6. The van der Waals surface area contributed by atoms with Crippen LogP contribution in [0, 0.1) is 24.6 Å². The number of nitrogens with zero attached hydrogens (tertiary/aromatic N) is 2. The summed E-state index contributed by atoms with van der Waals surface area (Å²) in [6.45, 7) is 6.04. The summed E-state index contributed by atoms with van der Waals surface area (Å²) in [5.74, 6) is 0.703. The molecule has 3 N–H and O–H groups in total. The van der Waals surface area contributed by atoms with Crippen LogP contribution in [0.3, 0.4) is 0 Å². The highest BCUT2D eigenvalue weighted by Crippen LogP contribution is 2.37. The highest BCUT2D eigenvalue weighted by Gasteiger charge is 2.31. The normalized spacial score (nSPS) is 21.8. The molecule has 2 saturated carbocycles. The number of aryl methyl sites for hydroxylation is 1. The predicted molar refractivity (Wildman–Crippen MR) is 134 cm³/mol. The highest BCUT2D eigenvalue weighted by molar-refractivity contribution is 6.09. The van der Waals surface area contributed by atoms with Gasteiger partial charge in [-0.2, -0.15) is 0 Å². The van der Waals surface area contributed by atoms with Crippen molar-refractivity contribution in [1.82, 2.24) is 25.6 Å². The van der Waals surface area contributed by atoms with Gasteiger partial charge in [-0.15, -0.1) is 0 Å². The number of fused-ring (bicyclic) bond motifs is 1. The van der Waals surface area contributed by atoms with E-state index in [0.717, 1.165) is 32.1 Å². The van der Waals surface area contributed by atoms with E-state index in [1.807, 2.05) is 6.92 Å². The van der Waals surface area contributed by atoms with Crippen molar-refractivity contribution in [3.63, 3.8) is 0 Å². The minimum absolute atomic E-state index is 0.00110. The van der Waals surface area contributed by atoms with Crippen LogP contribution >= 0.6 is 0 Å². The number of aromatic nitrogens is 3. The average molecular weight is 494 g/mol. The number of ether oxygens (including phenoxy) is 1. The third-order valence-corrected chi connectivity index (χ3v) is 7.26. The first-order chi connectivity index (χ1) is 17.3. The molecule has 3 unspecified atom stereocenters. The molecule has 2 amide bonds.